The van der Waals surface area contributed by atoms with E-state index < -0.39 is 0 Å². The summed E-state index contributed by atoms with van der Waals surface area (Å²) in [4.78, 5) is 36.8. The first-order valence-corrected chi connectivity index (χ1v) is 11.6. The molecule has 158 valence electrons. The van der Waals surface area contributed by atoms with Crippen molar-refractivity contribution in [1.29, 1.82) is 0 Å². The van der Waals surface area contributed by atoms with Crippen LogP contribution in [0.5, 0.6) is 0 Å². The highest BCUT2D eigenvalue weighted by atomic mass is 16.2. The number of rotatable bonds is 6. The maximum Gasteiger partial charge on any atom is 0.233 e. The molecule has 6 aliphatic rings. The number of unbranched alkanes of at least 4 members (excludes halogenated alkanes) is 1. The molecule has 30 heavy (non-hydrogen) atoms. The number of likely N-dealkylation sites (tertiary alicyclic amines) is 1. The molecule has 4 aliphatic carbocycles. The van der Waals surface area contributed by atoms with E-state index in [1.54, 1.807) is 4.90 Å². The molecule has 0 N–H and O–H groups in total. The summed E-state index contributed by atoms with van der Waals surface area (Å²) in [6.07, 6.45) is 11.4. The van der Waals surface area contributed by atoms with Crippen LogP contribution >= 0.6 is 0 Å². The normalized spacial score (nSPS) is 36.9. The van der Waals surface area contributed by atoms with Crippen LogP contribution in [-0.2, 0) is 9.59 Å². The molecule has 1 aromatic rings. The monoisotopic (exact) mass is 406 g/mol. The van der Waals surface area contributed by atoms with Crippen LogP contribution in [-0.4, -0.2) is 65.9 Å². The molecule has 0 radical (unpaired) electrons. The fourth-order valence-corrected chi connectivity index (χ4v) is 6.61. The molecule has 2 saturated heterocycles. The van der Waals surface area contributed by atoms with E-state index in [4.69, 9.17) is 0 Å². The summed E-state index contributed by atoms with van der Waals surface area (Å²) in [6.45, 7) is 5.80. The summed E-state index contributed by atoms with van der Waals surface area (Å²) >= 11 is 0. The van der Waals surface area contributed by atoms with Crippen molar-refractivity contribution in [2.75, 3.05) is 44.2 Å². The van der Waals surface area contributed by atoms with E-state index in [1.165, 1.54) is 12.1 Å². The quantitative estimate of drug-likeness (QED) is 0.411. The second kappa shape index (κ2) is 7.19. The number of anilines is 1. The highest BCUT2D eigenvalue weighted by Crippen LogP contribution is 2.65. The number of imide groups is 1. The van der Waals surface area contributed by atoms with Crippen molar-refractivity contribution < 1.29 is 9.59 Å². The number of piperazine rings is 1. The third kappa shape index (κ3) is 2.91. The van der Waals surface area contributed by atoms with Crippen LogP contribution in [0.4, 0.5) is 5.69 Å². The standard InChI is InChI=1S/C24H30N4O2/c29-23-21-17-5-6-18(20-14-19(17)20)22(21)24(30)28(23)9-2-1-8-26-10-12-27(13-11-26)16-4-3-7-25-15-16/h3-7,15,17-22H,1-2,8-14H2/t17-,18-,19-,20+,21-,22+/m0/s1. The minimum atomic E-state index is -0.0446. The second-order valence-corrected chi connectivity index (χ2v) is 9.73. The number of aromatic nitrogens is 1. The van der Waals surface area contributed by atoms with Crippen LogP contribution in [0.2, 0.25) is 0 Å². The van der Waals surface area contributed by atoms with Gasteiger partial charge in [0.05, 0.1) is 23.7 Å². The Bertz CT molecular complexity index is 827. The minimum absolute atomic E-state index is 0.0446. The Morgan fingerprint density at radius 3 is 2.20 bits per heavy atom. The van der Waals surface area contributed by atoms with Crippen LogP contribution in [0.15, 0.2) is 36.7 Å². The number of carbonyl (C=O) groups excluding carboxylic acids is 2. The lowest BCUT2D eigenvalue weighted by Gasteiger charge is -2.37. The molecule has 0 unspecified atom stereocenters. The second-order valence-electron chi connectivity index (χ2n) is 9.73. The van der Waals surface area contributed by atoms with Crippen LogP contribution in [0.3, 0.4) is 0 Å². The molecule has 4 fully saturated rings. The largest absolute Gasteiger partial charge is 0.368 e. The van der Waals surface area contributed by atoms with Crippen molar-refractivity contribution in [1.82, 2.24) is 14.8 Å². The van der Waals surface area contributed by atoms with E-state index in [9.17, 15) is 9.59 Å². The first kappa shape index (κ1) is 18.6. The zero-order valence-corrected chi connectivity index (χ0v) is 17.4. The summed E-state index contributed by atoms with van der Waals surface area (Å²) < 4.78 is 0. The van der Waals surface area contributed by atoms with E-state index in [2.05, 4.69) is 33.0 Å². The summed E-state index contributed by atoms with van der Waals surface area (Å²) in [5.74, 6) is 2.20. The van der Waals surface area contributed by atoms with Gasteiger partial charge in [-0.05, 0) is 61.6 Å². The Balaban J connectivity index is 0.974. The topological polar surface area (TPSA) is 56.8 Å². The Kier molecular flexibility index (Phi) is 4.44. The van der Waals surface area contributed by atoms with Gasteiger partial charge in [0.25, 0.3) is 0 Å². The van der Waals surface area contributed by atoms with Crippen LogP contribution < -0.4 is 4.90 Å². The summed E-state index contributed by atoms with van der Waals surface area (Å²) in [7, 11) is 0. The van der Waals surface area contributed by atoms with E-state index in [0.29, 0.717) is 30.2 Å². The molecule has 2 saturated carbocycles. The van der Waals surface area contributed by atoms with E-state index in [1.807, 2.05) is 18.5 Å². The number of nitrogens with zero attached hydrogens (tertiary/aromatic N) is 4. The lowest BCUT2D eigenvalue weighted by atomic mass is 9.63. The first-order chi connectivity index (χ1) is 14.7. The van der Waals surface area contributed by atoms with Crippen molar-refractivity contribution in [2.45, 2.75) is 19.3 Å². The Morgan fingerprint density at radius 1 is 0.900 bits per heavy atom. The van der Waals surface area contributed by atoms with Gasteiger partial charge in [0.2, 0.25) is 11.8 Å². The minimum Gasteiger partial charge on any atom is -0.368 e. The van der Waals surface area contributed by atoms with Gasteiger partial charge in [0, 0.05) is 38.9 Å². The van der Waals surface area contributed by atoms with Gasteiger partial charge < -0.3 is 4.90 Å². The SMILES string of the molecule is O=C1[C@@H]2[C@H]3C=C[C@@H]([C@@H]4C[C@H]34)[C@@H]2C(=O)N1CCCCN1CCN(c2cccnc2)CC1. The molecule has 2 amide bonds. The molecule has 2 aliphatic heterocycles. The predicted molar refractivity (Wildman–Crippen MR) is 114 cm³/mol. The van der Waals surface area contributed by atoms with Gasteiger partial charge in [-0.1, -0.05) is 12.2 Å². The molecule has 0 aromatic carbocycles. The molecule has 6 atom stereocenters. The molecule has 2 bridgehead atoms. The molecule has 0 spiro atoms. The number of carbonyl (C=O) groups is 2. The average molecular weight is 407 g/mol. The molecular weight excluding hydrogens is 376 g/mol. The predicted octanol–water partition coefficient (Wildman–Crippen LogP) is 2.04. The first-order valence-electron chi connectivity index (χ1n) is 11.6. The zero-order chi connectivity index (χ0) is 20.2. The lowest BCUT2D eigenvalue weighted by molar-refractivity contribution is -0.140. The van der Waals surface area contributed by atoms with Crippen molar-refractivity contribution in [3.05, 3.63) is 36.7 Å². The number of hydrogen-bond acceptors (Lipinski definition) is 5. The third-order valence-electron chi connectivity index (χ3n) is 8.24. The van der Waals surface area contributed by atoms with Gasteiger partial charge in [-0.25, -0.2) is 0 Å². The molecule has 7 rings (SSSR count). The van der Waals surface area contributed by atoms with Gasteiger partial charge in [-0.3, -0.25) is 24.4 Å². The maximum absolute atomic E-state index is 13.0. The van der Waals surface area contributed by atoms with Crippen LogP contribution in [0.25, 0.3) is 0 Å². The van der Waals surface area contributed by atoms with Gasteiger partial charge in [0.15, 0.2) is 0 Å². The molecular formula is C24H30N4O2. The van der Waals surface area contributed by atoms with E-state index in [0.717, 1.165) is 45.6 Å². The van der Waals surface area contributed by atoms with Gasteiger partial charge in [0.1, 0.15) is 0 Å². The van der Waals surface area contributed by atoms with Crippen molar-refractivity contribution >= 4 is 17.5 Å². The fraction of sp³-hybridized carbons (Fsp3) is 0.625. The fourth-order valence-electron chi connectivity index (χ4n) is 6.61. The number of amides is 2. The Labute approximate surface area is 177 Å². The number of pyridine rings is 1. The number of allylic oxidation sites excluding steroid dienone is 2. The average Bonchev–Trinajstić information content (AvgIpc) is 3.57. The van der Waals surface area contributed by atoms with Gasteiger partial charge >= 0.3 is 0 Å². The number of hydrogen-bond donors (Lipinski definition) is 0. The molecule has 3 heterocycles. The van der Waals surface area contributed by atoms with E-state index >= 15 is 0 Å². The molecule has 6 nitrogen and oxygen atoms in total. The van der Waals surface area contributed by atoms with Gasteiger partial charge in [-0.15, -0.1) is 0 Å². The zero-order valence-electron chi connectivity index (χ0n) is 17.4. The van der Waals surface area contributed by atoms with Crippen molar-refractivity contribution in [3.8, 4) is 0 Å². The summed E-state index contributed by atoms with van der Waals surface area (Å²) in [5.41, 5.74) is 1.20. The Morgan fingerprint density at radius 2 is 1.57 bits per heavy atom. The third-order valence-corrected chi connectivity index (χ3v) is 8.24. The maximum atomic E-state index is 13.0. The van der Waals surface area contributed by atoms with Crippen LogP contribution in [0, 0.1) is 35.5 Å². The van der Waals surface area contributed by atoms with Gasteiger partial charge in [-0.2, -0.15) is 0 Å². The summed E-state index contributed by atoms with van der Waals surface area (Å²) in [5, 5.41) is 0. The van der Waals surface area contributed by atoms with Crippen molar-refractivity contribution in [2.24, 2.45) is 35.5 Å². The Hall–Kier alpha value is -2.21. The molecule has 6 heteroatoms. The summed E-state index contributed by atoms with van der Waals surface area (Å²) in [6, 6.07) is 4.11. The molecule has 1 aromatic heterocycles. The highest BCUT2D eigenvalue weighted by molar-refractivity contribution is 6.06. The highest BCUT2D eigenvalue weighted by Gasteiger charge is 2.66. The van der Waals surface area contributed by atoms with Crippen LogP contribution in [0.1, 0.15) is 19.3 Å². The van der Waals surface area contributed by atoms with Crippen molar-refractivity contribution in [3.63, 3.8) is 0 Å². The van der Waals surface area contributed by atoms with E-state index in [-0.39, 0.29) is 23.7 Å². The lowest BCUT2D eigenvalue weighted by Crippen LogP contribution is -2.46. The smallest absolute Gasteiger partial charge is 0.233 e.